The summed E-state index contributed by atoms with van der Waals surface area (Å²) in [4.78, 5) is 11.5. The molecular weight excluding hydrogens is 356 g/mol. The molecule has 142 valence electrons. The molecule has 1 aliphatic rings. The molecule has 1 heterocycles. The van der Waals surface area contributed by atoms with Gasteiger partial charge in [0.1, 0.15) is 12.2 Å². The first-order valence-electron chi connectivity index (χ1n) is 9.17. The Morgan fingerprint density at radius 3 is 1.93 bits per heavy atom. The number of hydrogen-bond donors (Lipinski definition) is 1. The molecule has 2 aromatic carbocycles. The highest BCUT2D eigenvalue weighted by molar-refractivity contribution is 6.99. The molecule has 0 aromatic heterocycles. The summed E-state index contributed by atoms with van der Waals surface area (Å²) in [6.45, 7) is 6.28. The van der Waals surface area contributed by atoms with E-state index in [9.17, 15) is 9.90 Å². The first-order valence-corrected chi connectivity index (χ1v) is 11.1. The van der Waals surface area contributed by atoms with Crippen molar-refractivity contribution < 1.29 is 19.1 Å². The Bertz CT molecular complexity index is 757. The normalized spacial score (nSPS) is 18.4. The molecule has 0 saturated carbocycles. The van der Waals surface area contributed by atoms with Gasteiger partial charge in [-0.3, -0.25) is 0 Å². The molecule has 0 bridgehead atoms. The number of carbonyl (C=O) groups is 1. The van der Waals surface area contributed by atoms with Crippen LogP contribution >= 0.6 is 0 Å². The monoisotopic (exact) mass is 382 g/mol. The van der Waals surface area contributed by atoms with Crippen molar-refractivity contribution in [3.63, 3.8) is 0 Å². The van der Waals surface area contributed by atoms with E-state index in [2.05, 4.69) is 45.0 Å². The molecule has 2 aromatic rings. The molecule has 27 heavy (non-hydrogen) atoms. The van der Waals surface area contributed by atoms with Gasteiger partial charge in [0.05, 0.1) is 6.61 Å². The maximum absolute atomic E-state index is 11.5. The zero-order valence-corrected chi connectivity index (χ0v) is 17.0. The lowest BCUT2D eigenvalue weighted by molar-refractivity contribution is -0.143. The van der Waals surface area contributed by atoms with Crippen molar-refractivity contribution in [1.82, 2.24) is 0 Å². The first kappa shape index (κ1) is 19.5. The SMILES string of the molecule is CC(C)(C)[Si](O[C@H](CO)[C@H]1C=CC(=O)O1)(c1ccccc1)c1ccccc1. The van der Waals surface area contributed by atoms with E-state index in [4.69, 9.17) is 9.16 Å². The molecule has 3 rings (SSSR count). The zero-order valence-electron chi connectivity index (χ0n) is 16.0. The van der Waals surface area contributed by atoms with Crippen LogP contribution in [-0.2, 0) is 14.0 Å². The molecule has 0 fully saturated rings. The van der Waals surface area contributed by atoms with Crippen LogP contribution in [0.15, 0.2) is 72.8 Å². The van der Waals surface area contributed by atoms with Crippen LogP contribution in [0.25, 0.3) is 0 Å². The lowest BCUT2D eigenvalue weighted by Gasteiger charge is -2.45. The van der Waals surface area contributed by atoms with E-state index >= 15 is 0 Å². The number of aliphatic hydroxyl groups is 1. The van der Waals surface area contributed by atoms with E-state index in [-0.39, 0.29) is 11.6 Å². The summed E-state index contributed by atoms with van der Waals surface area (Å²) in [5.41, 5.74) is 0. The Labute approximate surface area is 161 Å². The van der Waals surface area contributed by atoms with Crippen molar-refractivity contribution in [1.29, 1.82) is 0 Å². The van der Waals surface area contributed by atoms with Gasteiger partial charge in [-0.1, -0.05) is 81.4 Å². The molecule has 0 aliphatic carbocycles. The van der Waals surface area contributed by atoms with Crippen LogP contribution < -0.4 is 10.4 Å². The van der Waals surface area contributed by atoms with Gasteiger partial charge in [-0.15, -0.1) is 0 Å². The maximum atomic E-state index is 11.5. The van der Waals surface area contributed by atoms with Crippen LogP contribution in [0.1, 0.15) is 20.8 Å². The molecule has 2 atom stereocenters. The fourth-order valence-electron chi connectivity index (χ4n) is 3.71. The van der Waals surface area contributed by atoms with E-state index in [1.165, 1.54) is 6.08 Å². The molecule has 0 spiro atoms. The number of aliphatic hydroxyl groups excluding tert-OH is 1. The van der Waals surface area contributed by atoms with Gasteiger partial charge < -0.3 is 14.3 Å². The molecule has 5 heteroatoms. The van der Waals surface area contributed by atoms with Gasteiger partial charge in [0.25, 0.3) is 8.32 Å². The number of cyclic esters (lactones) is 1. The molecule has 0 radical (unpaired) electrons. The van der Waals surface area contributed by atoms with Crippen molar-refractivity contribution in [2.24, 2.45) is 0 Å². The van der Waals surface area contributed by atoms with Gasteiger partial charge >= 0.3 is 5.97 Å². The maximum Gasteiger partial charge on any atom is 0.331 e. The van der Waals surface area contributed by atoms with Crippen molar-refractivity contribution in [3.8, 4) is 0 Å². The summed E-state index contributed by atoms with van der Waals surface area (Å²) in [6.07, 6.45) is 1.85. The highest BCUT2D eigenvalue weighted by atomic mass is 28.4. The third kappa shape index (κ3) is 3.76. The molecule has 0 amide bonds. The summed E-state index contributed by atoms with van der Waals surface area (Å²) in [5, 5.41) is 12.1. The Balaban J connectivity index is 2.14. The van der Waals surface area contributed by atoms with Crippen LogP contribution in [-0.4, -0.2) is 38.2 Å². The first-order chi connectivity index (χ1) is 12.9. The van der Waals surface area contributed by atoms with Crippen LogP contribution in [0, 0.1) is 0 Å². The van der Waals surface area contributed by atoms with Crippen LogP contribution in [0.2, 0.25) is 5.04 Å². The quantitative estimate of drug-likeness (QED) is 0.616. The molecule has 1 aliphatic heterocycles. The Morgan fingerprint density at radius 2 is 1.56 bits per heavy atom. The van der Waals surface area contributed by atoms with E-state index in [1.807, 2.05) is 36.4 Å². The standard InChI is InChI=1S/C22H26O4Si/c1-22(2,3)27(17-10-6-4-7-11-17,18-12-8-5-9-13-18)26-20(16-23)19-14-15-21(24)25-19/h4-15,19-20,23H,16H2,1-3H3/t19-,20-/m1/s1. The fraction of sp³-hybridized carbons (Fsp3) is 0.318. The number of esters is 1. The van der Waals surface area contributed by atoms with Gasteiger partial charge in [0, 0.05) is 6.08 Å². The number of rotatable bonds is 6. The van der Waals surface area contributed by atoms with E-state index in [1.54, 1.807) is 6.08 Å². The highest BCUT2D eigenvalue weighted by Crippen LogP contribution is 2.38. The third-order valence-electron chi connectivity index (χ3n) is 4.97. The van der Waals surface area contributed by atoms with E-state index in [0.29, 0.717) is 0 Å². The largest absolute Gasteiger partial charge is 0.452 e. The second-order valence-electron chi connectivity index (χ2n) is 7.76. The summed E-state index contributed by atoms with van der Waals surface area (Å²) >= 11 is 0. The van der Waals surface area contributed by atoms with E-state index in [0.717, 1.165) is 10.4 Å². The number of ether oxygens (including phenoxy) is 1. The minimum Gasteiger partial charge on any atom is -0.452 e. The Kier molecular flexibility index (Phi) is 5.65. The third-order valence-corrected chi connectivity index (χ3v) is 10.0. The smallest absolute Gasteiger partial charge is 0.331 e. The number of hydrogen-bond acceptors (Lipinski definition) is 4. The highest BCUT2D eigenvalue weighted by Gasteiger charge is 2.52. The molecule has 0 unspecified atom stereocenters. The van der Waals surface area contributed by atoms with Gasteiger partial charge in [-0.25, -0.2) is 4.79 Å². The van der Waals surface area contributed by atoms with Gasteiger partial charge in [0.2, 0.25) is 0 Å². The lowest BCUT2D eigenvalue weighted by Crippen LogP contribution is -2.68. The predicted molar refractivity (Wildman–Crippen MR) is 109 cm³/mol. The van der Waals surface area contributed by atoms with Crippen LogP contribution in [0.4, 0.5) is 0 Å². The minimum atomic E-state index is -2.81. The second-order valence-corrected chi connectivity index (χ2v) is 12.0. The van der Waals surface area contributed by atoms with Crippen LogP contribution in [0.5, 0.6) is 0 Å². The summed E-state index contributed by atoms with van der Waals surface area (Å²) in [6, 6.07) is 20.4. The van der Waals surface area contributed by atoms with Crippen molar-refractivity contribution in [2.45, 2.75) is 38.0 Å². The zero-order chi connectivity index (χ0) is 19.5. The van der Waals surface area contributed by atoms with Crippen LogP contribution in [0.3, 0.4) is 0 Å². The van der Waals surface area contributed by atoms with Gasteiger partial charge in [-0.05, 0) is 21.5 Å². The van der Waals surface area contributed by atoms with Crippen molar-refractivity contribution in [3.05, 3.63) is 72.8 Å². The topological polar surface area (TPSA) is 55.8 Å². The van der Waals surface area contributed by atoms with Gasteiger partial charge in [-0.2, -0.15) is 0 Å². The van der Waals surface area contributed by atoms with E-state index < -0.39 is 26.5 Å². The van der Waals surface area contributed by atoms with Gasteiger partial charge in [0.15, 0.2) is 0 Å². The summed E-state index contributed by atoms with van der Waals surface area (Å²) < 4.78 is 12.1. The molecular formula is C22H26O4Si. The minimum absolute atomic E-state index is 0.213. The number of carbonyl (C=O) groups excluding carboxylic acids is 1. The Hall–Kier alpha value is -2.21. The predicted octanol–water partition coefficient (Wildman–Crippen LogP) is 2.41. The molecule has 1 N–H and O–H groups in total. The average Bonchev–Trinajstić information content (AvgIpc) is 3.09. The summed E-state index contributed by atoms with van der Waals surface area (Å²) in [5.74, 6) is -0.399. The van der Waals surface area contributed by atoms with Crippen molar-refractivity contribution in [2.75, 3.05) is 6.61 Å². The molecule has 4 nitrogen and oxygen atoms in total. The summed E-state index contributed by atoms with van der Waals surface area (Å²) in [7, 11) is -2.81. The second kappa shape index (κ2) is 7.80. The lowest BCUT2D eigenvalue weighted by atomic mass is 10.2. The average molecular weight is 383 g/mol. The number of benzene rings is 2. The van der Waals surface area contributed by atoms with Crippen molar-refractivity contribution >= 4 is 24.7 Å². The Morgan fingerprint density at radius 1 is 1.04 bits per heavy atom. The molecule has 0 saturated heterocycles. The fourth-order valence-corrected chi connectivity index (χ4v) is 8.39.